The van der Waals surface area contributed by atoms with Gasteiger partial charge in [0.15, 0.2) is 0 Å². The molecule has 15 heavy (non-hydrogen) atoms. The van der Waals surface area contributed by atoms with Crippen LogP contribution in [0.1, 0.15) is 19.8 Å². The molecule has 0 aromatic rings. The fourth-order valence-corrected chi connectivity index (χ4v) is 0.832. The second-order valence-electron chi connectivity index (χ2n) is 3.15. The molecule has 0 aliphatic rings. The number of carboxylic acids is 1. The highest BCUT2D eigenvalue weighted by molar-refractivity contribution is 5.76. The molecule has 0 rings (SSSR count). The van der Waals surface area contributed by atoms with Crippen molar-refractivity contribution >= 4 is 11.8 Å². The summed E-state index contributed by atoms with van der Waals surface area (Å²) in [5, 5.41) is 17.9. The van der Waals surface area contributed by atoms with Gasteiger partial charge in [0, 0.05) is 0 Å². The van der Waals surface area contributed by atoms with E-state index < -0.39 is 17.8 Å². The number of carboxylic acid groups (broad SMARTS) is 1. The highest BCUT2D eigenvalue weighted by atomic mass is 19.1. The van der Waals surface area contributed by atoms with Crippen LogP contribution in [-0.2, 0) is 4.79 Å². The van der Waals surface area contributed by atoms with Crippen molar-refractivity contribution < 1.29 is 14.3 Å². The van der Waals surface area contributed by atoms with Gasteiger partial charge in [-0.25, -0.2) is 4.39 Å². The molecule has 0 aromatic carbocycles. The van der Waals surface area contributed by atoms with Crippen LogP contribution < -0.4 is 11.1 Å². The Bertz CT molecular complexity index is 266. The smallest absolute Gasteiger partial charge is 0.320 e. The largest absolute Gasteiger partial charge is 0.480 e. The minimum absolute atomic E-state index is 0.0440. The molecule has 1 atom stereocenters. The molecule has 0 fully saturated rings. The minimum atomic E-state index is -1.09. The van der Waals surface area contributed by atoms with E-state index in [2.05, 4.69) is 5.32 Å². The maximum absolute atomic E-state index is 12.9. The van der Waals surface area contributed by atoms with E-state index in [1.807, 2.05) is 0 Å². The number of aliphatic carboxylic acids is 1. The lowest BCUT2D eigenvalue weighted by Crippen LogP contribution is -2.29. The van der Waals surface area contributed by atoms with Crippen molar-refractivity contribution in [1.29, 1.82) is 5.41 Å². The van der Waals surface area contributed by atoms with E-state index in [0.717, 1.165) is 0 Å². The highest BCUT2D eigenvalue weighted by Gasteiger charge is 2.09. The van der Waals surface area contributed by atoms with Gasteiger partial charge in [-0.1, -0.05) is 6.08 Å². The average Bonchev–Trinajstić information content (AvgIpc) is 2.14. The van der Waals surface area contributed by atoms with E-state index in [0.29, 0.717) is 0 Å². The van der Waals surface area contributed by atoms with Crippen LogP contribution in [-0.4, -0.2) is 29.5 Å². The topological polar surface area (TPSA) is 99.2 Å². The summed E-state index contributed by atoms with van der Waals surface area (Å²) in [5.74, 6) is -1.32. The Morgan fingerprint density at radius 1 is 1.73 bits per heavy atom. The Morgan fingerprint density at radius 3 is 2.80 bits per heavy atom. The fraction of sp³-hybridized carbons (Fsp3) is 0.556. The molecule has 0 aromatic heterocycles. The lowest BCUT2D eigenvalue weighted by atomic mass is 10.1. The first-order chi connectivity index (χ1) is 6.93. The summed E-state index contributed by atoms with van der Waals surface area (Å²) in [7, 11) is 0. The summed E-state index contributed by atoms with van der Waals surface area (Å²) >= 11 is 0. The number of hydrogen-bond acceptors (Lipinski definition) is 3. The summed E-state index contributed by atoms with van der Waals surface area (Å²) in [6.07, 6.45) is 1.75. The first-order valence-electron chi connectivity index (χ1n) is 4.55. The predicted octanol–water partition coefficient (Wildman–Crippen LogP) is 0.619. The Kier molecular flexibility index (Phi) is 6.28. The number of rotatable bonds is 6. The average molecular weight is 217 g/mol. The van der Waals surface area contributed by atoms with Crippen LogP contribution in [0.15, 0.2) is 11.9 Å². The monoisotopic (exact) mass is 217 g/mol. The first-order valence-corrected chi connectivity index (χ1v) is 4.55. The Morgan fingerprint density at radius 2 is 2.33 bits per heavy atom. The van der Waals surface area contributed by atoms with Gasteiger partial charge < -0.3 is 16.2 Å². The van der Waals surface area contributed by atoms with Gasteiger partial charge in [0.1, 0.15) is 11.9 Å². The van der Waals surface area contributed by atoms with Gasteiger partial charge in [-0.15, -0.1) is 0 Å². The molecule has 0 saturated carbocycles. The van der Waals surface area contributed by atoms with Crippen LogP contribution in [0.4, 0.5) is 4.39 Å². The van der Waals surface area contributed by atoms with Crippen LogP contribution in [0.2, 0.25) is 0 Å². The zero-order valence-electron chi connectivity index (χ0n) is 8.59. The van der Waals surface area contributed by atoms with Crippen LogP contribution >= 0.6 is 0 Å². The number of allylic oxidation sites excluding steroid dienone is 1. The van der Waals surface area contributed by atoms with Gasteiger partial charge in [0.25, 0.3) is 0 Å². The van der Waals surface area contributed by atoms with Crippen LogP contribution in [0.25, 0.3) is 0 Å². The molecular weight excluding hydrogens is 201 g/mol. The Hall–Kier alpha value is -1.43. The Balaban J connectivity index is 3.76. The van der Waals surface area contributed by atoms with Gasteiger partial charge in [-0.2, -0.15) is 0 Å². The van der Waals surface area contributed by atoms with Gasteiger partial charge in [-0.05, 0) is 19.8 Å². The quantitative estimate of drug-likeness (QED) is 0.387. The third kappa shape index (κ3) is 7.63. The number of halogens is 1. The fourth-order valence-electron chi connectivity index (χ4n) is 0.832. The summed E-state index contributed by atoms with van der Waals surface area (Å²) in [5.41, 5.74) is 5.22. The van der Waals surface area contributed by atoms with Crippen LogP contribution in [0, 0.1) is 5.41 Å². The van der Waals surface area contributed by atoms with Crippen molar-refractivity contribution in [2.75, 3.05) is 6.54 Å². The number of amidine groups is 1. The molecule has 0 spiro atoms. The number of nitrogens with two attached hydrogens (primary N) is 1. The van der Waals surface area contributed by atoms with E-state index in [9.17, 15) is 9.18 Å². The summed E-state index contributed by atoms with van der Waals surface area (Å²) < 4.78 is 12.9. The second-order valence-corrected chi connectivity index (χ2v) is 3.15. The van der Waals surface area contributed by atoms with Crippen molar-refractivity contribution in [3.63, 3.8) is 0 Å². The van der Waals surface area contributed by atoms with Crippen molar-refractivity contribution in [2.24, 2.45) is 5.73 Å². The van der Waals surface area contributed by atoms with E-state index in [-0.39, 0.29) is 25.2 Å². The third-order valence-corrected chi connectivity index (χ3v) is 1.68. The van der Waals surface area contributed by atoms with Gasteiger partial charge in [-0.3, -0.25) is 10.2 Å². The number of hydrogen-bond donors (Lipinski definition) is 4. The van der Waals surface area contributed by atoms with Crippen molar-refractivity contribution in [2.45, 2.75) is 25.8 Å². The van der Waals surface area contributed by atoms with Gasteiger partial charge in [0.2, 0.25) is 0 Å². The Labute approximate surface area is 87.7 Å². The molecule has 0 aliphatic heterocycles. The lowest BCUT2D eigenvalue weighted by Gasteiger charge is -2.04. The van der Waals surface area contributed by atoms with Crippen molar-refractivity contribution in [1.82, 2.24) is 5.32 Å². The maximum Gasteiger partial charge on any atom is 0.320 e. The zero-order chi connectivity index (χ0) is 11.8. The highest BCUT2D eigenvalue weighted by Crippen LogP contribution is 2.01. The summed E-state index contributed by atoms with van der Waals surface area (Å²) in [4.78, 5) is 10.3. The maximum atomic E-state index is 12.9. The van der Waals surface area contributed by atoms with Gasteiger partial charge in [0.05, 0.1) is 12.4 Å². The SMILES string of the molecule is CC(=N)NC/C(F)=C\CC[C@H](N)C(=O)O. The summed E-state index contributed by atoms with van der Waals surface area (Å²) in [6, 6.07) is -0.952. The standard InChI is InChI=1S/C9H16FN3O2/c1-6(11)13-5-7(10)3-2-4-8(12)9(14)15/h3,8H,2,4-5,12H2,1H3,(H2,11,13)(H,14,15)/b7-3+/t8-/m0/s1. The molecular formula is C9H16FN3O2. The molecule has 6 heteroatoms. The number of carbonyl (C=O) groups is 1. The van der Waals surface area contributed by atoms with E-state index in [1.165, 1.54) is 13.0 Å². The van der Waals surface area contributed by atoms with E-state index in [4.69, 9.17) is 16.2 Å². The molecule has 5 N–H and O–H groups in total. The molecule has 0 unspecified atom stereocenters. The lowest BCUT2D eigenvalue weighted by molar-refractivity contribution is -0.138. The molecule has 86 valence electrons. The summed E-state index contributed by atoms with van der Waals surface area (Å²) in [6.45, 7) is 1.46. The number of nitrogens with one attached hydrogen (secondary N) is 2. The molecule has 0 amide bonds. The molecule has 0 heterocycles. The van der Waals surface area contributed by atoms with Crippen molar-refractivity contribution in [3.8, 4) is 0 Å². The van der Waals surface area contributed by atoms with Crippen molar-refractivity contribution in [3.05, 3.63) is 11.9 Å². The minimum Gasteiger partial charge on any atom is -0.480 e. The normalized spacial score (nSPS) is 13.4. The van der Waals surface area contributed by atoms with E-state index in [1.54, 1.807) is 0 Å². The zero-order valence-corrected chi connectivity index (χ0v) is 8.59. The second kappa shape index (κ2) is 6.94. The van der Waals surface area contributed by atoms with Gasteiger partial charge >= 0.3 is 5.97 Å². The molecule has 5 nitrogen and oxygen atoms in total. The van der Waals surface area contributed by atoms with Crippen LogP contribution in [0.3, 0.4) is 0 Å². The molecule has 0 radical (unpaired) electrons. The first kappa shape index (κ1) is 13.6. The molecule has 0 bridgehead atoms. The molecule has 0 aliphatic carbocycles. The van der Waals surface area contributed by atoms with Crippen LogP contribution in [0.5, 0.6) is 0 Å². The van der Waals surface area contributed by atoms with E-state index >= 15 is 0 Å². The third-order valence-electron chi connectivity index (χ3n) is 1.68. The predicted molar refractivity (Wildman–Crippen MR) is 55.4 cm³/mol. The molecule has 0 saturated heterocycles.